The van der Waals surface area contributed by atoms with Crippen LogP contribution in [0.4, 0.5) is 0 Å². The molecule has 0 aromatic carbocycles. The van der Waals surface area contributed by atoms with Crippen LogP contribution in [0, 0.1) is 0 Å². The third-order valence-corrected chi connectivity index (χ3v) is 2.98. The van der Waals surface area contributed by atoms with Gasteiger partial charge in [-0.15, -0.1) is 0 Å². The number of nitrogens with two attached hydrogens (primary N) is 1. The average Bonchev–Trinajstić information content (AvgIpc) is 2.61. The maximum atomic E-state index is 10.1. The second kappa shape index (κ2) is 5.32. The molecule has 1 fully saturated rings. The van der Waals surface area contributed by atoms with Gasteiger partial charge in [0.15, 0.2) is 0 Å². The van der Waals surface area contributed by atoms with Crippen molar-refractivity contribution in [2.24, 2.45) is 10.9 Å². The Morgan fingerprint density at radius 1 is 1.47 bits per heavy atom. The Kier molecular flexibility index (Phi) is 4.35. The van der Waals surface area contributed by atoms with Crippen LogP contribution < -0.4 is 5.73 Å². The molecule has 0 unspecified atom stereocenters. The van der Waals surface area contributed by atoms with Crippen molar-refractivity contribution in [3.63, 3.8) is 0 Å². The smallest absolute Gasteiger partial charge is 0.140 e. The van der Waals surface area contributed by atoms with Gasteiger partial charge in [0.25, 0.3) is 0 Å². The maximum Gasteiger partial charge on any atom is 0.140 e. The van der Waals surface area contributed by atoms with E-state index in [2.05, 4.69) is 5.16 Å². The lowest BCUT2D eigenvalue weighted by Gasteiger charge is -2.28. The molecule has 0 atom stereocenters. The Morgan fingerprint density at radius 3 is 2.60 bits per heavy atom. The summed E-state index contributed by atoms with van der Waals surface area (Å²) in [4.78, 5) is 2.03. The molecule has 0 saturated heterocycles. The molecule has 0 aliphatic heterocycles. The second-order valence-electron chi connectivity index (χ2n) is 4.51. The van der Waals surface area contributed by atoms with Gasteiger partial charge in [0.1, 0.15) is 5.84 Å². The summed E-state index contributed by atoms with van der Waals surface area (Å²) in [5, 5.41) is 21.4. The molecule has 0 spiro atoms. The van der Waals surface area contributed by atoms with Gasteiger partial charge in [0, 0.05) is 19.5 Å². The molecule has 0 bridgehead atoms. The number of nitrogens with zero attached hydrogens (tertiary/aromatic N) is 2. The minimum absolute atomic E-state index is 0.236. The van der Waals surface area contributed by atoms with Crippen LogP contribution in [-0.2, 0) is 0 Å². The van der Waals surface area contributed by atoms with E-state index in [1.807, 2.05) is 11.9 Å². The van der Waals surface area contributed by atoms with Crippen LogP contribution in [0.5, 0.6) is 0 Å². The lowest BCUT2D eigenvalue weighted by Crippen LogP contribution is -2.40. The topological polar surface area (TPSA) is 82.1 Å². The van der Waals surface area contributed by atoms with Crippen LogP contribution in [0.1, 0.15) is 32.1 Å². The first-order chi connectivity index (χ1) is 7.06. The lowest BCUT2D eigenvalue weighted by molar-refractivity contribution is 0.0170. The summed E-state index contributed by atoms with van der Waals surface area (Å²) in [6.07, 6.45) is 4.54. The van der Waals surface area contributed by atoms with E-state index in [4.69, 9.17) is 10.9 Å². The van der Waals surface area contributed by atoms with Gasteiger partial charge in [-0.05, 0) is 19.9 Å². The van der Waals surface area contributed by atoms with Crippen LogP contribution in [0.15, 0.2) is 5.16 Å². The Bertz CT molecular complexity index is 225. The first-order valence-electron chi connectivity index (χ1n) is 5.43. The van der Waals surface area contributed by atoms with E-state index in [1.54, 1.807) is 0 Å². The van der Waals surface area contributed by atoms with Crippen molar-refractivity contribution in [3.8, 4) is 0 Å². The van der Waals surface area contributed by atoms with Gasteiger partial charge < -0.3 is 20.9 Å². The number of likely N-dealkylation sites (N-methyl/N-ethyl adjacent to an activating group) is 1. The molecule has 0 aromatic heterocycles. The SMILES string of the molecule is CN(CCC(N)=NO)CC1(O)CCCC1. The zero-order valence-corrected chi connectivity index (χ0v) is 9.32. The fourth-order valence-corrected chi connectivity index (χ4v) is 2.13. The van der Waals surface area contributed by atoms with Crippen LogP contribution in [0.2, 0.25) is 0 Å². The quantitative estimate of drug-likeness (QED) is 0.268. The molecule has 1 saturated carbocycles. The van der Waals surface area contributed by atoms with Gasteiger partial charge in [0.2, 0.25) is 0 Å². The maximum absolute atomic E-state index is 10.1. The van der Waals surface area contributed by atoms with Crippen LogP contribution in [0.3, 0.4) is 0 Å². The van der Waals surface area contributed by atoms with Crippen molar-refractivity contribution in [1.29, 1.82) is 0 Å². The summed E-state index contributed by atoms with van der Waals surface area (Å²) in [5.74, 6) is 0.236. The van der Waals surface area contributed by atoms with Gasteiger partial charge in [-0.3, -0.25) is 0 Å². The molecule has 0 amide bonds. The highest BCUT2D eigenvalue weighted by Gasteiger charge is 2.31. The van der Waals surface area contributed by atoms with Gasteiger partial charge in [-0.1, -0.05) is 18.0 Å². The summed E-state index contributed by atoms with van der Waals surface area (Å²) >= 11 is 0. The van der Waals surface area contributed by atoms with E-state index < -0.39 is 5.60 Å². The van der Waals surface area contributed by atoms with Crippen molar-refractivity contribution in [2.45, 2.75) is 37.7 Å². The van der Waals surface area contributed by atoms with Gasteiger partial charge in [-0.25, -0.2) is 0 Å². The van der Waals surface area contributed by atoms with E-state index in [9.17, 15) is 5.11 Å². The van der Waals surface area contributed by atoms with Crippen molar-refractivity contribution in [2.75, 3.05) is 20.1 Å². The largest absolute Gasteiger partial charge is 0.409 e. The standard InChI is InChI=1S/C10H21N3O2/c1-13(7-4-9(11)12-15)8-10(14)5-2-3-6-10/h14-15H,2-8H2,1H3,(H2,11,12). The van der Waals surface area contributed by atoms with Crippen LogP contribution >= 0.6 is 0 Å². The molecule has 0 radical (unpaired) electrons. The van der Waals surface area contributed by atoms with E-state index in [0.29, 0.717) is 19.5 Å². The van der Waals surface area contributed by atoms with Crippen molar-refractivity contribution in [1.82, 2.24) is 4.90 Å². The molecular formula is C10H21N3O2. The van der Waals surface area contributed by atoms with Crippen LogP contribution in [-0.4, -0.2) is 46.8 Å². The molecule has 5 heteroatoms. The highest BCUT2D eigenvalue weighted by molar-refractivity contribution is 5.79. The molecule has 15 heavy (non-hydrogen) atoms. The number of rotatable bonds is 5. The molecule has 1 aliphatic rings. The van der Waals surface area contributed by atoms with Gasteiger partial charge in [0.05, 0.1) is 5.60 Å². The van der Waals surface area contributed by atoms with E-state index in [0.717, 1.165) is 25.7 Å². The van der Waals surface area contributed by atoms with E-state index >= 15 is 0 Å². The predicted octanol–water partition coefficient (Wildman–Crippen LogP) is 0.360. The van der Waals surface area contributed by atoms with Crippen molar-refractivity contribution < 1.29 is 10.3 Å². The first-order valence-corrected chi connectivity index (χ1v) is 5.43. The average molecular weight is 215 g/mol. The molecular weight excluding hydrogens is 194 g/mol. The summed E-state index contributed by atoms with van der Waals surface area (Å²) in [7, 11) is 1.95. The molecule has 4 N–H and O–H groups in total. The summed E-state index contributed by atoms with van der Waals surface area (Å²) in [6.45, 7) is 1.38. The highest BCUT2D eigenvalue weighted by atomic mass is 16.4. The van der Waals surface area contributed by atoms with Gasteiger partial charge >= 0.3 is 0 Å². The normalized spacial score (nSPS) is 21.1. The Balaban J connectivity index is 2.26. The molecule has 5 nitrogen and oxygen atoms in total. The number of amidine groups is 1. The highest BCUT2D eigenvalue weighted by Crippen LogP contribution is 2.29. The van der Waals surface area contributed by atoms with Crippen LogP contribution in [0.25, 0.3) is 0 Å². The lowest BCUT2D eigenvalue weighted by atomic mass is 10.0. The Morgan fingerprint density at radius 2 is 2.07 bits per heavy atom. The second-order valence-corrected chi connectivity index (χ2v) is 4.51. The third kappa shape index (κ3) is 4.05. The monoisotopic (exact) mass is 215 g/mol. The number of hydrogen-bond acceptors (Lipinski definition) is 4. The third-order valence-electron chi connectivity index (χ3n) is 2.98. The Hall–Kier alpha value is -0.810. The van der Waals surface area contributed by atoms with Gasteiger partial charge in [-0.2, -0.15) is 0 Å². The minimum Gasteiger partial charge on any atom is -0.409 e. The number of oxime groups is 1. The van der Waals surface area contributed by atoms with E-state index in [-0.39, 0.29) is 5.84 Å². The number of hydrogen-bond donors (Lipinski definition) is 3. The zero-order valence-electron chi connectivity index (χ0n) is 9.32. The van der Waals surface area contributed by atoms with E-state index in [1.165, 1.54) is 0 Å². The molecule has 0 heterocycles. The molecule has 0 aromatic rings. The molecule has 1 rings (SSSR count). The fraction of sp³-hybridized carbons (Fsp3) is 0.900. The van der Waals surface area contributed by atoms with Crippen molar-refractivity contribution >= 4 is 5.84 Å². The summed E-state index contributed by atoms with van der Waals surface area (Å²) in [5.41, 5.74) is 4.86. The Labute approximate surface area is 90.6 Å². The predicted molar refractivity (Wildman–Crippen MR) is 58.9 cm³/mol. The zero-order chi connectivity index (χ0) is 11.3. The van der Waals surface area contributed by atoms with Crippen molar-refractivity contribution in [3.05, 3.63) is 0 Å². The first kappa shape index (κ1) is 12.3. The summed E-state index contributed by atoms with van der Waals surface area (Å²) in [6, 6.07) is 0. The number of aliphatic hydroxyl groups is 1. The minimum atomic E-state index is -0.514. The fourth-order valence-electron chi connectivity index (χ4n) is 2.13. The summed E-state index contributed by atoms with van der Waals surface area (Å²) < 4.78 is 0. The molecule has 1 aliphatic carbocycles. The molecule has 88 valence electrons.